The van der Waals surface area contributed by atoms with E-state index in [1.54, 1.807) is 6.07 Å². The third-order valence-electron chi connectivity index (χ3n) is 5.62. The average molecular weight is 394 g/mol. The summed E-state index contributed by atoms with van der Waals surface area (Å²) in [5, 5.41) is 2.66. The van der Waals surface area contributed by atoms with Crippen LogP contribution in [-0.4, -0.2) is 34.5 Å². The van der Waals surface area contributed by atoms with Gasteiger partial charge < -0.3 is 0 Å². The van der Waals surface area contributed by atoms with Gasteiger partial charge in [-0.05, 0) is 23.9 Å². The number of rotatable bonds is 3. The molecule has 0 saturated carbocycles. The number of ketones is 1. The Labute approximate surface area is 172 Å². The second-order valence-corrected chi connectivity index (χ2v) is 7.59. The highest BCUT2D eigenvalue weighted by Gasteiger charge is 2.37. The number of imide groups is 1. The van der Waals surface area contributed by atoms with E-state index in [2.05, 4.69) is 0 Å². The van der Waals surface area contributed by atoms with Gasteiger partial charge in [-0.3, -0.25) is 19.3 Å². The first-order chi connectivity index (χ1) is 14.5. The monoisotopic (exact) mass is 394 g/mol. The van der Waals surface area contributed by atoms with Crippen LogP contribution in [0.15, 0.2) is 60.7 Å². The van der Waals surface area contributed by atoms with Crippen molar-refractivity contribution in [1.82, 2.24) is 9.88 Å². The first-order valence-corrected chi connectivity index (χ1v) is 9.73. The average Bonchev–Trinajstić information content (AvgIpc) is 2.97. The van der Waals surface area contributed by atoms with Crippen molar-refractivity contribution in [3.8, 4) is 11.3 Å². The summed E-state index contributed by atoms with van der Waals surface area (Å²) in [5.41, 5.74) is 3.49. The molecule has 5 nitrogen and oxygen atoms in total. The molecule has 2 heterocycles. The number of benzene rings is 3. The van der Waals surface area contributed by atoms with Gasteiger partial charge >= 0.3 is 0 Å². The maximum atomic E-state index is 12.8. The molecule has 5 rings (SSSR count). The molecule has 0 saturated heterocycles. The van der Waals surface area contributed by atoms with E-state index in [4.69, 9.17) is 4.98 Å². The van der Waals surface area contributed by atoms with Crippen molar-refractivity contribution in [2.45, 2.75) is 13.3 Å². The lowest BCUT2D eigenvalue weighted by Gasteiger charge is -2.14. The van der Waals surface area contributed by atoms with Crippen molar-refractivity contribution >= 4 is 39.3 Å². The van der Waals surface area contributed by atoms with E-state index in [1.165, 1.54) is 14.0 Å². The van der Waals surface area contributed by atoms with Crippen molar-refractivity contribution in [2.75, 3.05) is 7.05 Å². The predicted octanol–water partition coefficient (Wildman–Crippen LogP) is 4.41. The van der Waals surface area contributed by atoms with Crippen LogP contribution in [0.25, 0.3) is 32.9 Å². The van der Waals surface area contributed by atoms with Crippen molar-refractivity contribution in [2.24, 2.45) is 0 Å². The van der Waals surface area contributed by atoms with E-state index in [-0.39, 0.29) is 24.0 Å². The minimum Gasteiger partial charge on any atom is -0.300 e. The van der Waals surface area contributed by atoms with Gasteiger partial charge in [-0.1, -0.05) is 54.6 Å². The molecule has 0 aliphatic carbocycles. The summed E-state index contributed by atoms with van der Waals surface area (Å²) in [6, 6.07) is 19.5. The smallest absolute Gasteiger partial charge is 0.261 e. The van der Waals surface area contributed by atoms with Crippen LogP contribution >= 0.6 is 0 Å². The number of aromatic nitrogens is 1. The number of Topliss-reactive ketones (excluding diaryl/α,β-unsaturated/α-hetero) is 1. The molecule has 0 atom stereocenters. The molecule has 1 aliphatic rings. The Morgan fingerprint density at radius 2 is 1.57 bits per heavy atom. The highest BCUT2D eigenvalue weighted by molar-refractivity contribution is 6.26. The van der Waals surface area contributed by atoms with E-state index in [1.807, 2.05) is 54.6 Å². The molecule has 5 heteroatoms. The topological polar surface area (TPSA) is 67.3 Å². The predicted molar refractivity (Wildman–Crippen MR) is 115 cm³/mol. The van der Waals surface area contributed by atoms with Crippen LogP contribution < -0.4 is 0 Å². The molecule has 0 radical (unpaired) electrons. The largest absolute Gasteiger partial charge is 0.300 e. The Morgan fingerprint density at radius 3 is 2.27 bits per heavy atom. The van der Waals surface area contributed by atoms with Crippen LogP contribution in [0, 0.1) is 0 Å². The van der Waals surface area contributed by atoms with E-state index in [0.717, 1.165) is 32.3 Å². The van der Waals surface area contributed by atoms with Crippen LogP contribution in [0.4, 0.5) is 0 Å². The molecule has 146 valence electrons. The number of nitrogens with zero attached hydrogens (tertiary/aromatic N) is 2. The Kier molecular flexibility index (Phi) is 4.00. The van der Waals surface area contributed by atoms with Crippen molar-refractivity contribution in [1.29, 1.82) is 0 Å². The molecule has 0 spiro atoms. The number of hydrogen-bond acceptors (Lipinski definition) is 4. The van der Waals surface area contributed by atoms with Gasteiger partial charge in [0.1, 0.15) is 5.78 Å². The van der Waals surface area contributed by atoms with Gasteiger partial charge in [0.15, 0.2) is 0 Å². The first-order valence-electron chi connectivity index (χ1n) is 9.73. The number of carbonyl (C=O) groups excluding carboxylic acids is 3. The van der Waals surface area contributed by atoms with Gasteiger partial charge in [-0.15, -0.1) is 0 Å². The number of fused-ring (bicyclic) bond motifs is 4. The Bertz CT molecular complexity index is 1390. The number of carbonyl (C=O) groups is 3. The molecule has 0 fully saturated rings. The molecule has 0 N–H and O–H groups in total. The van der Waals surface area contributed by atoms with Crippen LogP contribution in [0.5, 0.6) is 0 Å². The molecule has 1 aromatic heterocycles. The van der Waals surface area contributed by atoms with E-state index >= 15 is 0 Å². The van der Waals surface area contributed by atoms with Crippen molar-refractivity contribution < 1.29 is 14.4 Å². The van der Waals surface area contributed by atoms with Gasteiger partial charge in [0.25, 0.3) is 11.8 Å². The SMILES string of the molecule is CC(=O)Cc1c2c(cc3c1nc(-c1ccccc1)c1ccccc13)C(=O)N(C)C2=O. The molecule has 1 aliphatic heterocycles. The lowest BCUT2D eigenvalue weighted by atomic mass is 9.91. The zero-order chi connectivity index (χ0) is 21.0. The van der Waals surface area contributed by atoms with Gasteiger partial charge in [0.2, 0.25) is 0 Å². The zero-order valence-electron chi connectivity index (χ0n) is 16.6. The van der Waals surface area contributed by atoms with Gasteiger partial charge in [-0.2, -0.15) is 0 Å². The summed E-state index contributed by atoms with van der Waals surface area (Å²) in [4.78, 5) is 43.7. The maximum Gasteiger partial charge on any atom is 0.261 e. The molecule has 3 aromatic carbocycles. The van der Waals surface area contributed by atoms with Gasteiger partial charge in [-0.25, -0.2) is 4.98 Å². The maximum absolute atomic E-state index is 12.8. The number of pyridine rings is 1. The van der Waals surface area contributed by atoms with Gasteiger partial charge in [0.05, 0.1) is 22.3 Å². The molecule has 0 bridgehead atoms. The fourth-order valence-electron chi connectivity index (χ4n) is 4.25. The molecular formula is C25H18N2O3. The van der Waals surface area contributed by atoms with Gasteiger partial charge in [0, 0.05) is 29.8 Å². The Balaban J connectivity index is 1.98. The van der Waals surface area contributed by atoms with E-state index < -0.39 is 0 Å². The summed E-state index contributed by atoms with van der Waals surface area (Å²) in [6.45, 7) is 1.48. The van der Waals surface area contributed by atoms with E-state index in [9.17, 15) is 14.4 Å². The third-order valence-corrected chi connectivity index (χ3v) is 5.62. The number of amides is 2. The molecular weight excluding hydrogens is 376 g/mol. The summed E-state index contributed by atoms with van der Waals surface area (Å²) in [7, 11) is 1.47. The Hall–Kier alpha value is -3.86. The van der Waals surface area contributed by atoms with Crippen LogP contribution in [0.2, 0.25) is 0 Å². The summed E-state index contributed by atoms with van der Waals surface area (Å²) >= 11 is 0. The van der Waals surface area contributed by atoms with Crippen LogP contribution in [-0.2, 0) is 11.2 Å². The van der Waals surface area contributed by atoms with Crippen molar-refractivity contribution in [3.05, 3.63) is 77.4 Å². The fourth-order valence-corrected chi connectivity index (χ4v) is 4.25. The zero-order valence-corrected chi connectivity index (χ0v) is 16.6. The molecule has 2 amide bonds. The lowest BCUT2D eigenvalue weighted by molar-refractivity contribution is -0.116. The summed E-state index contributed by atoms with van der Waals surface area (Å²) in [5.74, 6) is -0.821. The van der Waals surface area contributed by atoms with Crippen molar-refractivity contribution in [3.63, 3.8) is 0 Å². The second-order valence-electron chi connectivity index (χ2n) is 7.59. The lowest BCUT2D eigenvalue weighted by Crippen LogP contribution is -2.24. The van der Waals surface area contributed by atoms with Crippen LogP contribution in [0.3, 0.4) is 0 Å². The molecule has 0 unspecified atom stereocenters. The normalized spacial score (nSPS) is 13.3. The minimum atomic E-state index is -0.385. The highest BCUT2D eigenvalue weighted by atomic mass is 16.2. The summed E-state index contributed by atoms with van der Waals surface area (Å²) in [6.07, 6.45) is 0.0477. The number of hydrogen-bond donors (Lipinski definition) is 0. The quantitative estimate of drug-likeness (QED) is 0.381. The third kappa shape index (κ3) is 2.55. The summed E-state index contributed by atoms with van der Waals surface area (Å²) < 4.78 is 0. The fraction of sp³-hybridized carbons (Fsp3) is 0.120. The van der Waals surface area contributed by atoms with Crippen LogP contribution in [0.1, 0.15) is 33.2 Å². The minimum absolute atomic E-state index is 0.0477. The second kappa shape index (κ2) is 6.59. The first kappa shape index (κ1) is 18.2. The standard InChI is InChI=1S/C25H18N2O3/c1-14(28)12-19-21-20(24(29)27(2)25(21)30)13-18-16-10-6-7-11-17(16)22(26-23(18)19)15-8-4-3-5-9-15/h3-11,13H,12H2,1-2H3. The van der Waals surface area contributed by atoms with E-state index in [0.29, 0.717) is 22.2 Å². The molecule has 4 aromatic rings. The molecule has 30 heavy (non-hydrogen) atoms. The Morgan fingerprint density at radius 1 is 0.900 bits per heavy atom. The highest BCUT2D eigenvalue weighted by Crippen LogP contribution is 2.38.